The van der Waals surface area contributed by atoms with E-state index in [0.717, 1.165) is 5.56 Å². The quantitative estimate of drug-likeness (QED) is 0.795. The minimum absolute atomic E-state index is 0.173. The Balaban J connectivity index is 1.95. The maximum atomic E-state index is 9.91. The van der Waals surface area contributed by atoms with E-state index in [-0.39, 0.29) is 5.75 Å². The molecule has 0 saturated carbocycles. The number of rotatable bonds is 4. The van der Waals surface area contributed by atoms with E-state index in [9.17, 15) is 5.11 Å². The Kier molecular flexibility index (Phi) is 3.60. The van der Waals surface area contributed by atoms with Crippen molar-refractivity contribution >= 4 is 10.9 Å². The number of methoxy groups -OCH3 is 1. The molecule has 4 heteroatoms. The average molecular weight is 281 g/mol. The summed E-state index contributed by atoms with van der Waals surface area (Å²) in [5.41, 5.74) is 1.73. The van der Waals surface area contributed by atoms with Crippen LogP contribution in [0.15, 0.2) is 54.7 Å². The molecule has 0 aliphatic carbocycles. The topological polar surface area (TPSA) is 51.6 Å². The fraction of sp³-hybridized carbons (Fsp3) is 0.118. The first-order valence-electron chi connectivity index (χ1n) is 6.60. The summed E-state index contributed by atoms with van der Waals surface area (Å²) in [6, 6.07) is 14.9. The number of nitrogens with zero attached hydrogens (tertiary/aromatic N) is 1. The Morgan fingerprint density at radius 3 is 2.62 bits per heavy atom. The van der Waals surface area contributed by atoms with Crippen LogP contribution in [-0.2, 0) is 6.61 Å². The monoisotopic (exact) mass is 281 g/mol. The van der Waals surface area contributed by atoms with E-state index in [0.29, 0.717) is 29.0 Å². The molecule has 0 amide bonds. The van der Waals surface area contributed by atoms with Crippen LogP contribution in [-0.4, -0.2) is 17.2 Å². The van der Waals surface area contributed by atoms with E-state index in [1.54, 1.807) is 31.5 Å². The molecular weight excluding hydrogens is 266 g/mol. The van der Waals surface area contributed by atoms with Crippen LogP contribution in [0.3, 0.4) is 0 Å². The van der Waals surface area contributed by atoms with Gasteiger partial charge in [-0.25, -0.2) is 0 Å². The lowest BCUT2D eigenvalue weighted by Gasteiger charge is -2.12. The molecule has 0 aliphatic heterocycles. The second kappa shape index (κ2) is 5.71. The van der Waals surface area contributed by atoms with Gasteiger partial charge in [-0.15, -0.1) is 0 Å². The molecule has 0 bridgehead atoms. The zero-order valence-corrected chi connectivity index (χ0v) is 11.6. The summed E-state index contributed by atoms with van der Waals surface area (Å²) in [5, 5.41) is 10.5. The van der Waals surface area contributed by atoms with E-state index >= 15 is 0 Å². The van der Waals surface area contributed by atoms with Gasteiger partial charge in [-0.1, -0.05) is 30.3 Å². The Hall–Kier alpha value is -2.75. The molecule has 1 heterocycles. The Morgan fingerprint density at radius 1 is 1.05 bits per heavy atom. The van der Waals surface area contributed by atoms with Gasteiger partial charge in [0.1, 0.15) is 12.4 Å². The number of aromatic hydroxyl groups is 1. The molecule has 0 saturated heterocycles. The minimum atomic E-state index is 0.173. The van der Waals surface area contributed by atoms with E-state index in [1.165, 1.54) is 0 Å². The molecule has 3 rings (SSSR count). The van der Waals surface area contributed by atoms with Crippen molar-refractivity contribution in [3.63, 3.8) is 0 Å². The highest BCUT2D eigenvalue weighted by Crippen LogP contribution is 2.35. The van der Waals surface area contributed by atoms with Crippen LogP contribution < -0.4 is 9.47 Å². The molecule has 0 fully saturated rings. The molecule has 0 atom stereocenters. The molecular formula is C17H15NO3. The Bertz CT molecular complexity index is 757. The van der Waals surface area contributed by atoms with Crippen molar-refractivity contribution in [2.75, 3.05) is 7.11 Å². The SMILES string of the molecule is COc1cc2nccc(O)c2cc1OCc1ccccc1. The lowest BCUT2D eigenvalue weighted by Crippen LogP contribution is -1.98. The number of hydrogen-bond donors (Lipinski definition) is 1. The fourth-order valence-corrected chi connectivity index (χ4v) is 2.15. The molecule has 106 valence electrons. The van der Waals surface area contributed by atoms with E-state index < -0.39 is 0 Å². The molecule has 0 unspecified atom stereocenters. The van der Waals surface area contributed by atoms with Crippen molar-refractivity contribution in [2.24, 2.45) is 0 Å². The van der Waals surface area contributed by atoms with Crippen LogP contribution in [0, 0.1) is 0 Å². The maximum Gasteiger partial charge on any atom is 0.162 e. The molecule has 1 N–H and O–H groups in total. The zero-order valence-electron chi connectivity index (χ0n) is 11.6. The molecule has 0 radical (unpaired) electrons. The Morgan fingerprint density at radius 2 is 1.86 bits per heavy atom. The number of ether oxygens (including phenoxy) is 2. The van der Waals surface area contributed by atoms with Crippen molar-refractivity contribution in [3.8, 4) is 17.2 Å². The number of aromatic nitrogens is 1. The first-order valence-corrected chi connectivity index (χ1v) is 6.60. The van der Waals surface area contributed by atoms with Crippen molar-refractivity contribution in [2.45, 2.75) is 6.61 Å². The van der Waals surface area contributed by atoms with Crippen molar-refractivity contribution in [1.29, 1.82) is 0 Å². The minimum Gasteiger partial charge on any atom is -0.507 e. The highest BCUT2D eigenvalue weighted by molar-refractivity contribution is 5.87. The fourth-order valence-electron chi connectivity index (χ4n) is 2.15. The standard InChI is InChI=1S/C17H15NO3/c1-20-16-10-14-13(15(19)7-8-18-14)9-17(16)21-11-12-5-3-2-4-6-12/h2-10H,11H2,1H3,(H,18,19). The summed E-state index contributed by atoms with van der Waals surface area (Å²) in [6.07, 6.45) is 1.56. The third-order valence-corrected chi connectivity index (χ3v) is 3.24. The van der Waals surface area contributed by atoms with Gasteiger partial charge in [0.2, 0.25) is 0 Å². The number of hydrogen-bond acceptors (Lipinski definition) is 4. The molecule has 21 heavy (non-hydrogen) atoms. The molecule has 0 aliphatic rings. The van der Waals surface area contributed by atoms with Gasteiger partial charge >= 0.3 is 0 Å². The predicted molar refractivity (Wildman–Crippen MR) is 80.7 cm³/mol. The summed E-state index contributed by atoms with van der Waals surface area (Å²) in [7, 11) is 1.58. The predicted octanol–water partition coefficient (Wildman–Crippen LogP) is 3.53. The third kappa shape index (κ3) is 2.74. The van der Waals surface area contributed by atoms with E-state index in [4.69, 9.17) is 9.47 Å². The second-order valence-electron chi connectivity index (χ2n) is 4.62. The van der Waals surface area contributed by atoms with Gasteiger partial charge in [0, 0.05) is 17.6 Å². The number of pyridine rings is 1. The van der Waals surface area contributed by atoms with Gasteiger partial charge < -0.3 is 14.6 Å². The van der Waals surface area contributed by atoms with Gasteiger partial charge in [-0.05, 0) is 17.7 Å². The Labute approximate surface area is 122 Å². The van der Waals surface area contributed by atoms with E-state index in [2.05, 4.69) is 4.98 Å². The molecule has 3 aromatic rings. The van der Waals surface area contributed by atoms with Crippen molar-refractivity contribution < 1.29 is 14.6 Å². The number of fused-ring (bicyclic) bond motifs is 1. The highest BCUT2D eigenvalue weighted by atomic mass is 16.5. The van der Waals surface area contributed by atoms with E-state index in [1.807, 2.05) is 30.3 Å². The smallest absolute Gasteiger partial charge is 0.162 e. The van der Waals surface area contributed by atoms with Crippen LogP contribution >= 0.6 is 0 Å². The van der Waals surface area contributed by atoms with Crippen LogP contribution in [0.2, 0.25) is 0 Å². The zero-order chi connectivity index (χ0) is 14.7. The van der Waals surface area contributed by atoms with Crippen LogP contribution in [0.5, 0.6) is 17.2 Å². The van der Waals surface area contributed by atoms with Gasteiger partial charge in [0.05, 0.1) is 12.6 Å². The molecule has 4 nitrogen and oxygen atoms in total. The second-order valence-corrected chi connectivity index (χ2v) is 4.62. The summed E-state index contributed by atoms with van der Waals surface area (Å²) in [6.45, 7) is 0.434. The van der Waals surface area contributed by atoms with Crippen LogP contribution in [0.25, 0.3) is 10.9 Å². The van der Waals surface area contributed by atoms with Crippen LogP contribution in [0.4, 0.5) is 0 Å². The maximum absolute atomic E-state index is 9.91. The summed E-state index contributed by atoms with van der Waals surface area (Å²) >= 11 is 0. The summed E-state index contributed by atoms with van der Waals surface area (Å²) in [5.74, 6) is 1.35. The summed E-state index contributed by atoms with van der Waals surface area (Å²) < 4.78 is 11.1. The van der Waals surface area contributed by atoms with Gasteiger partial charge in [0.15, 0.2) is 11.5 Å². The largest absolute Gasteiger partial charge is 0.507 e. The molecule has 0 spiro atoms. The molecule has 2 aromatic carbocycles. The summed E-state index contributed by atoms with van der Waals surface area (Å²) in [4.78, 5) is 4.21. The first-order chi connectivity index (χ1) is 10.3. The highest BCUT2D eigenvalue weighted by Gasteiger charge is 2.10. The molecule has 1 aromatic heterocycles. The normalized spacial score (nSPS) is 10.5. The average Bonchev–Trinajstić information content (AvgIpc) is 2.53. The third-order valence-electron chi connectivity index (χ3n) is 3.24. The lowest BCUT2D eigenvalue weighted by atomic mass is 10.2. The van der Waals surface area contributed by atoms with Crippen molar-refractivity contribution in [1.82, 2.24) is 4.98 Å². The van der Waals surface area contributed by atoms with Gasteiger partial charge in [0.25, 0.3) is 0 Å². The van der Waals surface area contributed by atoms with Crippen molar-refractivity contribution in [3.05, 3.63) is 60.3 Å². The first kappa shape index (κ1) is 13.2. The number of benzene rings is 2. The van der Waals surface area contributed by atoms with Gasteiger partial charge in [-0.3, -0.25) is 4.98 Å². The van der Waals surface area contributed by atoms with Gasteiger partial charge in [-0.2, -0.15) is 0 Å². The van der Waals surface area contributed by atoms with Crippen LogP contribution in [0.1, 0.15) is 5.56 Å². The lowest BCUT2D eigenvalue weighted by molar-refractivity contribution is 0.285.